The number of ether oxygens (including phenoxy) is 1. The second kappa shape index (κ2) is 4.27. The van der Waals surface area contributed by atoms with Gasteiger partial charge in [0.25, 0.3) is 0 Å². The first-order valence-corrected chi connectivity index (χ1v) is 6.34. The number of aliphatic hydroxyl groups excluding tert-OH is 1. The van der Waals surface area contributed by atoms with Crippen LogP contribution in [0.4, 0.5) is 0 Å². The lowest BCUT2D eigenvalue weighted by Crippen LogP contribution is -2.56. The molecule has 0 aliphatic heterocycles. The van der Waals surface area contributed by atoms with Crippen molar-refractivity contribution in [3.8, 4) is 0 Å². The fourth-order valence-corrected chi connectivity index (χ4v) is 2.72. The Balaban J connectivity index is 2.58. The molecule has 1 aliphatic rings. The van der Waals surface area contributed by atoms with Crippen LogP contribution in [0, 0.1) is 16.7 Å². The van der Waals surface area contributed by atoms with Gasteiger partial charge in [0.1, 0.15) is 5.60 Å². The largest absolute Gasteiger partial charge is 0.460 e. The highest BCUT2D eigenvalue weighted by molar-refractivity contribution is 5.70. The van der Waals surface area contributed by atoms with Gasteiger partial charge in [0.15, 0.2) is 0 Å². The highest BCUT2D eigenvalue weighted by Gasteiger charge is 2.57. The molecule has 1 N–H and O–H groups in total. The van der Waals surface area contributed by atoms with E-state index in [0.717, 1.165) is 6.42 Å². The van der Waals surface area contributed by atoms with Crippen molar-refractivity contribution in [3.05, 3.63) is 0 Å². The van der Waals surface area contributed by atoms with Gasteiger partial charge >= 0.3 is 5.97 Å². The summed E-state index contributed by atoms with van der Waals surface area (Å²) >= 11 is 0. The standard InChI is InChI=1S/C14H26O3/c1-12(2,3)17-11(16)7-10-8-13(4,5)14(10,6)9-15/h10,15H,7-9H2,1-6H3/t10-,14+/m1/s1. The molecule has 3 heteroatoms. The van der Waals surface area contributed by atoms with Crippen molar-refractivity contribution < 1.29 is 14.6 Å². The molecular weight excluding hydrogens is 216 g/mol. The van der Waals surface area contributed by atoms with Gasteiger partial charge in [-0.1, -0.05) is 20.8 Å². The topological polar surface area (TPSA) is 46.5 Å². The van der Waals surface area contributed by atoms with Gasteiger partial charge in [-0.3, -0.25) is 4.79 Å². The lowest BCUT2D eigenvalue weighted by molar-refractivity contribution is -0.173. The summed E-state index contributed by atoms with van der Waals surface area (Å²) in [7, 11) is 0. The molecule has 0 aromatic rings. The normalized spacial score (nSPS) is 31.8. The summed E-state index contributed by atoms with van der Waals surface area (Å²) in [4.78, 5) is 11.8. The molecule has 2 atom stereocenters. The lowest BCUT2D eigenvalue weighted by atomic mass is 9.45. The van der Waals surface area contributed by atoms with Gasteiger partial charge in [-0.15, -0.1) is 0 Å². The lowest BCUT2D eigenvalue weighted by Gasteiger charge is -2.59. The van der Waals surface area contributed by atoms with Crippen LogP contribution in [-0.2, 0) is 9.53 Å². The molecule has 0 heterocycles. The second-order valence-corrected chi connectivity index (χ2v) is 7.15. The molecule has 100 valence electrons. The first kappa shape index (κ1) is 14.5. The molecule has 17 heavy (non-hydrogen) atoms. The monoisotopic (exact) mass is 242 g/mol. The molecule has 0 amide bonds. The average Bonchev–Trinajstić information content (AvgIpc) is 2.12. The van der Waals surface area contributed by atoms with E-state index in [2.05, 4.69) is 20.8 Å². The Bertz CT molecular complexity index is 301. The highest BCUT2D eigenvalue weighted by Crippen LogP contribution is 2.61. The molecule has 0 aromatic carbocycles. The molecule has 0 saturated heterocycles. The zero-order valence-corrected chi connectivity index (χ0v) is 12.0. The van der Waals surface area contributed by atoms with Crippen LogP contribution in [-0.4, -0.2) is 23.3 Å². The Kier molecular flexibility index (Phi) is 3.64. The maximum Gasteiger partial charge on any atom is 0.306 e. The van der Waals surface area contributed by atoms with Gasteiger partial charge in [0.2, 0.25) is 0 Å². The molecule has 0 bridgehead atoms. The average molecular weight is 242 g/mol. The zero-order valence-electron chi connectivity index (χ0n) is 12.0. The van der Waals surface area contributed by atoms with E-state index < -0.39 is 5.60 Å². The zero-order chi connectivity index (χ0) is 13.5. The molecule has 0 spiro atoms. The summed E-state index contributed by atoms with van der Waals surface area (Å²) in [5.74, 6) is 0.0787. The summed E-state index contributed by atoms with van der Waals surface area (Å²) in [6.07, 6.45) is 1.39. The molecular formula is C14H26O3. The van der Waals surface area contributed by atoms with Crippen LogP contribution < -0.4 is 0 Å². The van der Waals surface area contributed by atoms with E-state index in [-0.39, 0.29) is 29.3 Å². The Hall–Kier alpha value is -0.570. The highest BCUT2D eigenvalue weighted by atomic mass is 16.6. The third kappa shape index (κ3) is 2.82. The quantitative estimate of drug-likeness (QED) is 0.774. The van der Waals surface area contributed by atoms with Gasteiger partial charge < -0.3 is 9.84 Å². The second-order valence-electron chi connectivity index (χ2n) is 7.15. The number of aliphatic hydroxyl groups is 1. The van der Waals surface area contributed by atoms with Gasteiger partial charge in [-0.2, -0.15) is 0 Å². The van der Waals surface area contributed by atoms with E-state index in [0.29, 0.717) is 6.42 Å². The summed E-state index contributed by atoms with van der Waals surface area (Å²) in [5, 5.41) is 9.54. The van der Waals surface area contributed by atoms with Crippen LogP contribution in [0.2, 0.25) is 0 Å². The fourth-order valence-electron chi connectivity index (χ4n) is 2.72. The van der Waals surface area contributed by atoms with E-state index in [1.54, 1.807) is 0 Å². The van der Waals surface area contributed by atoms with E-state index in [1.807, 2.05) is 20.8 Å². The summed E-state index contributed by atoms with van der Waals surface area (Å²) in [5.41, 5.74) is -0.482. The maximum absolute atomic E-state index is 11.8. The Labute approximate surface area is 105 Å². The van der Waals surface area contributed by atoms with E-state index >= 15 is 0 Å². The van der Waals surface area contributed by atoms with Crippen LogP contribution in [0.3, 0.4) is 0 Å². The predicted molar refractivity (Wildman–Crippen MR) is 67.5 cm³/mol. The van der Waals surface area contributed by atoms with E-state index in [4.69, 9.17) is 4.74 Å². The van der Waals surface area contributed by atoms with Crippen molar-refractivity contribution >= 4 is 5.97 Å². The van der Waals surface area contributed by atoms with Crippen molar-refractivity contribution in [2.45, 2.75) is 60.0 Å². The number of carbonyl (C=O) groups is 1. The van der Waals surface area contributed by atoms with Crippen molar-refractivity contribution in [2.75, 3.05) is 6.61 Å². The third-order valence-electron chi connectivity index (χ3n) is 4.37. The molecule has 0 radical (unpaired) electrons. The third-order valence-corrected chi connectivity index (χ3v) is 4.37. The van der Waals surface area contributed by atoms with Crippen LogP contribution in [0.1, 0.15) is 54.4 Å². The number of hydrogen-bond acceptors (Lipinski definition) is 3. The van der Waals surface area contributed by atoms with E-state index in [1.165, 1.54) is 0 Å². The van der Waals surface area contributed by atoms with Crippen molar-refractivity contribution in [1.82, 2.24) is 0 Å². The molecule has 1 saturated carbocycles. The number of carbonyl (C=O) groups excluding carboxylic acids is 1. The minimum Gasteiger partial charge on any atom is -0.460 e. The van der Waals surface area contributed by atoms with Gasteiger partial charge in [0, 0.05) is 13.0 Å². The first-order valence-electron chi connectivity index (χ1n) is 6.34. The van der Waals surface area contributed by atoms with Crippen LogP contribution in [0.25, 0.3) is 0 Å². The van der Waals surface area contributed by atoms with Crippen molar-refractivity contribution in [2.24, 2.45) is 16.7 Å². The number of rotatable bonds is 3. The number of hydrogen-bond donors (Lipinski definition) is 1. The maximum atomic E-state index is 11.8. The van der Waals surface area contributed by atoms with Crippen molar-refractivity contribution in [3.63, 3.8) is 0 Å². The Morgan fingerprint density at radius 3 is 2.24 bits per heavy atom. The SMILES string of the molecule is CC(C)(C)OC(=O)C[C@@H]1CC(C)(C)[C@@]1(C)CO. The van der Waals surface area contributed by atoms with Gasteiger partial charge in [0.05, 0.1) is 0 Å². The van der Waals surface area contributed by atoms with Gasteiger partial charge in [-0.05, 0) is 43.9 Å². The van der Waals surface area contributed by atoms with Gasteiger partial charge in [-0.25, -0.2) is 0 Å². The molecule has 3 nitrogen and oxygen atoms in total. The minimum atomic E-state index is -0.425. The smallest absolute Gasteiger partial charge is 0.306 e. The number of esters is 1. The minimum absolute atomic E-state index is 0.106. The molecule has 1 fully saturated rings. The molecule has 0 unspecified atom stereocenters. The Morgan fingerprint density at radius 1 is 1.35 bits per heavy atom. The molecule has 1 rings (SSSR count). The van der Waals surface area contributed by atoms with Crippen LogP contribution >= 0.6 is 0 Å². The fraction of sp³-hybridized carbons (Fsp3) is 0.929. The van der Waals surface area contributed by atoms with Crippen LogP contribution in [0.15, 0.2) is 0 Å². The predicted octanol–water partition coefficient (Wildman–Crippen LogP) is 2.76. The molecule has 0 aromatic heterocycles. The summed E-state index contributed by atoms with van der Waals surface area (Å²) in [6, 6.07) is 0. The van der Waals surface area contributed by atoms with Crippen molar-refractivity contribution in [1.29, 1.82) is 0 Å². The summed E-state index contributed by atoms with van der Waals surface area (Å²) in [6.45, 7) is 12.1. The van der Waals surface area contributed by atoms with Crippen LogP contribution in [0.5, 0.6) is 0 Å². The first-order chi connectivity index (χ1) is 7.52. The molecule has 1 aliphatic carbocycles. The van der Waals surface area contributed by atoms with E-state index in [9.17, 15) is 9.90 Å². The summed E-state index contributed by atoms with van der Waals surface area (Å²) < 4.78 is 5.33. The Morgan fingerprint density at radius 2 is 1.88 bits per heavy atom.